The Morgan fingerprint density at radius 1 is 0.925 bits per heavy atom. The number of carbonyl (C=O) groups is 3. The molecule has 0 spiro atoms. The minimum atomic E-state index is -1.88. The average Bonchev–Trinajstić information content (AvgIpc) is 2.98. The molecular weight excluding hydrogens is 506 g/mol. The van der Waals surface area contributed by atoms with E-state index >= 15 is 0 Å². The first-order chi connectivity index (χ1) is 19.3. The second-order valence-corrected chi connectivity index (χ2v) is 9.12. The Kier molecular flexibility index (Phi) is 8.56. The molecule has 9 heteroatoms. The van der Waals surface area contributed by atoms with Crippen LogP contribution in [0, 0.1) is 5.41 Å². The van der Waals surface area contributed by atoms with Crippen molar-refractivity contribution >= 4 is 40.0 Å². The second kappa shape index (κ2) is 12.2. The van der Waals surface area contributed by atoms with Gasteiger partial charge >= 0.3 is 5.97 Å². The molecule has 4 aromatic carbocycles. The number of para-hydroxylation sites is 1. The maximum atomic E-state index is 13.4. The first kappa shape index (κ1) is 28.0. The average molecular weight is 538 g/mol. The van der Waals surface area contributed by atoms with Crippen LogP contribution in [0.25, 0.3) is 10.8 Å². The van der Waals surface area contributed by atoms with E-state index < -0.39 is 23.8 Å². The Morgan fingerprint density at radius 3 is 2.30 bits per heavy atom. The fourth-order valence-electron chi connectivity index (χ4n) is 4.51. The van der Waals surface area contributed by atoms with Crippen LogP contribution >= 0.6 is 0 Å². The number of hydrogen-bond acceptors (Lipinski definition) is 7. The smallest absolute Gasteiger partial charge is 0.344 e. The molecule has 0 saturated carbocycles. The summed E-state index contributed by atoms with van der Waals surface area (Å²) in [7, 11) is 0. The van der Waals surface area contributed by atoms with E-state index in [0.29, 0.717) is 33.2 Å². The zero-order valence-electron chi connectivity index (χ0n) is 22.1. The lowest BCUT2D eigenvalue weighted by atomic mass is 9.83. The number of fused-ring (bicyclic) bond motifs is 1. The molecule has 1 amide bonds. The molecule has 1 unspecified atom stereocenters. The number of hydrogen-bond donors (Lipinski definition) is 5. The van der Waals surface area contributed by atoms with Crippen molar-refractivity contribution in [2.75, 3.05) is 18.5 Å². The lowest BCUT2D eigenvalue weighted by molar-refractivity contribution is -0.152. The second-order valence-electron chi connectivity index (χ2n) is 9.12. The molecule has 7 N–H and O–H groups in total. The third-order valence-electron chi connectivity index (χ3n) is 6.57. The lowest BCUT2D eigenvalue weighted by Crippen LogP contribution is -2.53. The number of nitrogen functional groups attached to an aromatic ring is 1. The number of esters is 1. The van der Waals surface area contributed by atoms with Crippen LogP contribution in [-0.4, -0.2) is 36.6 Å². The highest BCUT2D eigenvalue weighted by molar-refractivity contribution is 6.14. The maximum Gasteiger partial charge on any atom is 0.344 e. The van der Waals surface area contributed by atoms with Gasteiger partial charge in [0.1, 0.15) is 5.84 Å². The van der Waals surface area contributed by atoms with Gasteiger partial charge in [0, 0.05) is 23.4 Å². The molecule has 0 aromatic heterocycles. The predicted molar refractivity (Wildman–Crippen MR) is 155 cm³/mol. The number of Topliss-reactive ketones (excluding diaryl/α,β-unsaturated/α-hetero) is 1. The first-order valence-corrected chi connectivity index (χ1v) is 12.8. The van der Waals surface area contributed by atoms with E-state index in [0.717, 1.165) is 5.56 Å². The molecule has 9 nitrogen and oxygen atoms in total. The molecule has 0 radical (unpaired) electrons. The van der Waals surface area contributed by atoms with Gasteiger partial charge in [0.15, 0.2) is 5.78 Å². The summed E-state index contributed by atoms with van der Waals surface area (Å²) < 4.78 is 5.36. The SMILES string of the molecule is CCOC(=O)C(Nc1ccccc1)(C(=O)CN)c1ccc2c(C(=O)NCc3ccc(C(=N)N)cc3)cccc2c1. The molecule has 0 aliphatic carbocycles. The summed E-state index contributed by atoms with van der Waals surface area (Å²) in [5.41, 5.74) is 12.2. The number of nitrogens with two attached hydrogens (primary N) is 2. The Hall–Kier alpha value is -5.02. The Labute approximate surface area is 232 Å². The first-order valence-electron chi connectivity index (χ1n) is 12.8. The molecule has 1 atom stereocenters. The number of amides is 1. The molecule has 0 fully saturated rings. The zero-order valence-corrected chi connectivity index (χ0v) is 22.1. The molecule has 204 valence electrons. The largest absolute Gasteiger partial charge is 0.464 e. The number of ketones is 1. The highest BCUT2D eigenvalue weighted by Crippen LogP contribution is 2.32. The van der Waals surface area contributed by atoms with E-state index in [1.165, 1.54) is 0 Å². The third kappa shape index (κ3) is 5.69. The highest BCUT2D eigenvalue weighted by atomic mass is 16.5. The minimum absolute atomic E-state index is 0.0233. The molecule has 40 heavy (non-hydrogen) atoms. The van der Waals surface area contributed by atoms with E-state index in [1.54, 1.807) is 91.9 Å². The van der Waals surface area contributed by atoms with Gasteiger partial charge in [-0.1, -0.05) is 66.7 Å². The summed E-state index contributed by atoms with van der Waals surface area (Å²) in [5.74, 6) is -1.63. The Balaban J connectivity index is 1.70. The summed E-state index contributed by atoms with van der Waals surface area (Å²) in [6, 6.07) is 26.3. The van der Waals surface area contributed by atoms with Crippen LogP contribution in [0.2, 0.25) is 0 Å². The van der Waals surface area contributed by atoms with Crippen LogP contribution in [0.15, 0.2) is 91.0 Å². The van der Waals surface area contributed by atoms with Gasteiger partial charge in [-0.2, -0.15) is 0 Å². The summed E-state index contributed by atoms with van der Waals surface area (Å²) in [5, 5.41) is 14.8. The topological polar surface area (TPSA) is 160 Å². The van der Waals surface area contributed by atoms with Crippen molar-refractivity contribution in [2.24, 2.45) is 11.5 Å². The van der Waals surface area contributed by atoms with E-state index in [4.69, 9.17) is 21.6 Å². The molecule has 0 heterocycles. The summed E-state index contributed by atoms with van der Waals surface area (Å²) >= 11 is 0. The number of carbonyl (C=O) groups excluding carboxylic acids is 3. The van der Waals surface area contributed by atoms with Crippen molar-refractivity contribution in [2.45, 2.75) is 19.0 Å². The number of ether oxygens (including phenoxy) is 1. The summed E-state index contributed by atoms with van der Waals surface area (Å²) in [4.78, 5) is 39.9. The van der Waals surface area contributed by atoms with Crippen LogP contribution in [-0.2, 0) is 26.4 Å². The number of amidine groups is 1. The van der Waals surface area contributed by atoms with Gasteiger partial charge in [-0.05, 0) is 53.1 Å². The minimum Gasteiger partial charge on any atom is -0.464 e. The number of anilines is 1. The highest BCUT2D eigenvalue weighted by Gasteiger charge is 2.48. The van der Waals surface area contributed by atoms with Gasteiger partial charge in [-0.3, -0.25) is 15.0 Å². The molecule has 0 aliphatic heterocycles. The fourth-order valence-corrected chi connectivity index (χ4v) is 4.51. The number of benzene rings is 4. The Bertz CT molecular complexity index is 1550. The van der Waals surface area contributed by atoms with Crippen LogP contribution in [0.5, 0.6) is 0 Å². The molecule has 4 aromatic rings. The van der Waals surface area contributed by atoms with Crippen molar-refractivity contribution in [3.63, 3.8) is 0 Å². The van der Waals surface area contributed by atoms with Gasteiger partial charge in [-0.25, -0.2) is 4.79 Å². The fraction of sp³-hybridized carbons (Fsp3) is 0.161. The van der Waals surface area contributed by atoms with E-state index in [1.807, 2.05) is 6.07 Å². The molecular formula is C31H31N5O4. The van der Waals surface area contributed by atoms with Crippen LogP contribution in [0.1, 0.15) is 34.0 Å². The standard InChI is InChI=1S/C31H31N5O4/c1-2-40-30(39)31(27(37)18-32,36-24-8-4-3-5-9-24)23-15-16-25-22(17-23)7-6-10-26(25)29(38)35-19-20-11-13-21(14-12-20)28(33)34/h3-17,36H,2,18-19,32H2,1H3,(H3,33,34)(H,35,38). The van der Waals surface area contributed by atoms with Crippen molar-refractivity contribution in [3.05, 3.63) is 113 Å². The van der Waals surface area contributed by atoms with Gasteiger partial charge in [0.05, 0.1) is 13.2 Å². The molecule has 0 saturated heterocycles. The monoisotopic (exact) mass is 537 g/mol. The maximum absolute atomic E-state index is 13.4. The number of rotatable bonds is 11. The van der Waals surface area contributed by atoms with Gasteiger partial charge in [0.2, 0.25) is 5.54 Å². The summed E-state index contributed by atoms with van der Waals surface area (Å²) in [6.07, 6.45) is 0. The molecule has 0 aliphatic rings. The molecule has 0 bridgehead atoms. The van der Waals surface area contributed by atoms with Gasteiger partial charge < -0.3 is 26.8 Å². The quantitative estimate of drug-likeness (QED) is 0.0847. The van der Waals surface area contributed by atoms with E-state index in [2.05, 4.69) is 10.6 Å². The number of nitrogens with one attached hydrogen (secondary N) is 3. The van der Waals surface area contributed by atoms with Crippen LogP contribution < -0.4 is 22.1 Å². The summed E-state index contributed by atoms with van der Waals surface area (Å²) in [6.45, 7) is 1.63. The normalized spacial score (nSPS) is 12.2. The van der Waals surface area contributed by atoms with Crippen LogP contribution in [0.3, 0.4) is 0 Å². The Morgan fingerprint density at radius 2 is 1.65 bits per heavy atom. The van der Waals surface area contributed by atoms with E-state index in [-0.39, 0.29) is 24.9 Å². The molecule has 4 rings (SSSR count). The van der Waals surface area contributed by atoms with Crippen molar-refractivity contribution < 1.29 is 19.1 Å². The lowest BCUT2D eigenvalue weighted by Gasteiger charge is -2.32. The van der Waals surface area contributed by atoms with Gasteiger partial charge in [0.25, 0.3) is 5.91 Å². The van der Waals surface area contributed by atoms with Crippen molar-refractivity contribution in [1.82, 2.24) is 5.32 Å². The zero-order chi connectivity index (χ0) is 28.7. The van der Waals surface area contributed by atoms with Crippen molar-refractivity contribution in [3.8, 4) is 0 Å². The predicted octanol–water partition coefficient (Wildman–Crippen LogP) is 3.45. The van der Waals surface area contributed by atoms with E-state index in [9.17, 15) is 14.4 Å². The van der Waals surface area contributed by atoms with Gasteiger partial charge in [-0.15, -0.1) is 0 Å². The van der Waals surface area contributed by atoms with Crippen molar-refractivity contribution in [1.29, 1.82) is 5.41 Å². The third-order valence-corrected chi connectivity index (χ3v) is 6.57. The van der Waals surface area contributed by atoms with Crippen LogP contribution in [0.4, 0.5) is 5.69 Å².